The quantitative estimate of drug-likeness (QED) is 0.117. The Morgan fingerprint density at radius 3 is 1.47 bits per heavy atom. The Balaban J connectivity index is 2.69. The molecule has 0 heterocycles. The van der Waals surface area contributed by atoms with Crippen LogP contribution >= 0.6 is 17.6 Å². The molecule has 0 aliphatic rings. The average Bonchev–Trinajstić information content (AvgIpc) is 2.81. The molecular weight excluding hydrogens is 514 g/mol. The van der Waals surface area contributed by atoms with Crippen LogP contribution in [0.1, 0.15) is 38.8 Å². The third kappa shape index (κ3) is 11.9. The Hall–Kier alpha value is -2.52. The lowest BCUT2D eigenvalue weighted by atomic mass is 9.87. The monoisotopic (exact) mass is 548 g/mol. The van der Waals surface area contributed by atoms with Gasteiger partial charge in [-0.15, -0.1) is 0 Å². The van der Waals surface area contributed by atoms with Gasteiger partial charge < -0.3 is 38.6 Å². The number of esters is 2. The Kier molecular flexibility index (Phi) is 13.6. The molecule has 1 rings (SSSR count). The Bertz CT molecular complexity index is 828. The second-order valence-corrected chi connectivity index (χ2v) is 9.59. The van der Waals surface area contributed by atoms with Gasteiger partial charge in [0, 0.05) is 17.6 Å². The van der Waals surface area contributed by atoms with E-state index in [0.29, 0.717) is 11.1 Å². The van der Waals surface area contributed by atoms with E-state index in [1.54, 1.807) is 65.3 Å². The summed E-state index contributed by atoms with van der Waals surface area (Å²) < 4.78 is 29.2. The molecule has 2 atom stereocenters. The Labute approximate surface area is 214 Å². The molecule has 0 aromatic heterocycles. The molecule has 0 aliphatic carbocycles. The number of benzene rings is 1. The number of carbonyl (C=O) groups is 4. The maximum atomic E-state index is 12.2. The minimum Gasteiger partial charge on any atom is -0.438 e. The van der Waals surface area contributed by atoms with E-state index in [4.69, 9.17) is 28.0 Å². The van der Waals surface area contributed by atoms with E-state index in [2.05, 4.69) is 10.6 Å². The summed E-state index contributed by atoms with van der Waals surface area (Å²) in [7, 11) is 0.344. The van der Waals surface area contributed by atoms with Crippen molar-refractivity contribution >= 4 is 41.7 Å². The molecule has 202 valence electrons. The number of amides is 2. The number of hydrogen-bond donors (Lipinski definition) is 2. The van der Waals surface area contributed by atoms with Crippen LogP contribution < -0.4 is 10.6 Å². The number of ether oxygens (including phenoxy) is 4. The molecule has 36 heavy (non-hydrogen) atoms. The van der Waals surface area contributed by atoms with Gasteiger partial charge in [0.05, 0.1) is 11.1 Å². The predicted molar refractivity (Wildman–Crippen MR) is 134 cm³/mol. The first-order valence-corrected chi connectivity index (χ1v) is 13.6. The zero-order valence-electron chi connectivity index (χ0n) is 21.2. The fourth-order valence-corrected chi connectivity index (χ4v) is 3.02. The molecule has 0 radical (unpaired) electrons. The maximum absolute atomic E-state index is 12.2. The summed E-state index contributed by atoms with van der Waals surface area (Å²) in [6, 6.07) is 7.16. The number of alkyl carbamates (subject to hydrolysis) is 2. The fourth-order valence-electron chi connectivity index (χ4n) is 2.66. The molecule has 2 unspecified atom stereocenters. The van der Waals surface area contributed by atoms with Crippen LogP contribution in [0.5, 0.6) is 0 Å². The maximum Gasteiger partial charge on any atom is 0.408 e. The first kappa shape index (κ1) is 31.5. The third-order valence-corrected chi connectivity index (χ3v) is 5.44. The van der Waals surface area contributed by atoms with E-state index in [0.717, 1.165) is 0 Å². The topological polar surface area (TPSA) is 148 Å². The molecule has 12 nitrogen and oxygen atoms in total. The van der Waals surface area contributed by atoms with Crippen molar-refractivity contribution in [1.82, 2.24) is 10.6 Å². The summed E-state index contributed by atoms with van der Waals surface area (Å²) in [5.41, 5.74) is -0.351. The van der Waals surface area contributed by atoms with Crippen molar-refractivity contribution in [2.45, 2.75) is 38.8 Å². The van der Waals surface area contributed by atoms with Crippen LogP contribution in [0.4, 0.5) is 9.59 Å². The Morgan fingerprint density at radius 2 is 1.11 bits per heavy atom. The SMILES string of the molecule is CPOCOC(=O)COC(=O)NC(C)(C)c1cccc(C(C)(C)NC(=O)OCC(=O)OCOPC)c1. The standard InChI is InChI=1S/C22H34N2O10P2/c1-21(2,23-19(27)29-11-17(25)31-13-33-35-5)15-8-7-9-16(10-15)22(3,4)24-20(28)30-12-18(26)32-14-34-36-6/h7-10,35-36H,11-14H2,1-6H3,(H,23,27)(H,24,28). The summed E-state index contributed by atoms with van der Waals surface area (Å²) in [5, 5.41) is 5.39. The molecule has 0 spiro atoms. The van der Waals surface area contributed by atoms with Gasteiger partial charge in [0.1, 0.15) is 0 Å². The van der Waals surface area contributed by atoms with Crippen LogP contribution in [-0.2, 0) is 48.7 Å². The van der Waals surface area contributed by atoms with Crippen molar-refractivity contribution < 1.29 is 47.2 Å². The van der Waals surface area contributed by atoms with Crippen molar-refractivity contribution in [1.29, 1.82) is 0 Å². The molecule has 0 bridgehead atoms. The number of rotatable bonds is 14. The van der Waals surface area contributed by atoms with Crippen molar-refractivity contribution in [3.05, 3.63) is 35.4 Å². The molecule has 2 amide bonds. The van der Waals surface area contributed by atoms with Crippen molar-refractivity contribution in [2.24, 2.45) is 0 Å². The number of carbonyl (C=O) groups excluding carboxylic acids is 4. The number of nitrogens with one attached hydrogen (secondary N) is 2. The van der Waals surface area contributed by atoms with E-state index in [1.807, 2.05) is 0 Å². The van der Waals surface area contributed by atoms with Gasteiger partial charge in [0.2, 0.25) is 0 Å². The normalized spacial score (nSPS) is 11.9. The van der Waals surface area contributed by atoms with Gasteiger partial charge in [-0.3, -0.25) is 0 Å². The number of hydrogen-bond acceptors (Lipinski definition) is 10. The second kappa shape index (κ2) is 15.6. The molecule has 0 aliphatic heterocycles. The molecule has 2 N–H and O–H groups in total. The lowest BCUT2D eigenvalue weighted by Gasteiger charge is -2.30. The molecule has 1 aromatic carbocycles. The minimum absolute atomic E-state index is 0.172. The summed E-state index contributed by atoms with van der Waals surface area (Å²) in [4.78, 5) is 47.6. The van der Waals surface area contributed by atoms with Crippen molar-refractivity contribution in [2.75, 3.05) is 40.1 Å². The van der Waals surface area contributed by atoms with Crippen LogP contribution in [-0.4, -0.2) is 64.3 Å². The average molecular weight is 548 g/mol. The van der Waals surface area contributed by atoms with Crippen molar-refractivity contribution in [3.63, 3.8) is 0 Å². The van der Waals surface area contributed by atoms with Gasteiger partial charge in [-0.2, -0.15) is 0 Å². The highest BCUT2D eigenvalue weighted by atomic mass is 31.1. The van der Waals surface area contributed by atoms with Gasteiger partial charge in [0.15, 0.2) is 26.8 Å². The van der Waals surface area contributed by atoms with Gasteiger partial charge in [-0.1, -0.05) is 24.3 Å². The molecule has 0 fully saturated rings. The van der Waals surface area contributed by atoms with Gasteiger partial charge in [-0.05, 0) is 52.2 Å². The zero-order chi connectivity index (χ0) is 27.2. The first-order chi connectivity index (χ1) is 16.9. The van der Waals surface area contributed by atoms with Crippen LogP contribution in [0.25, 0.3) is 0 Å². The predicted octanol–water partition coefficient (Wildman–Crippen LogP) is 3.09. The Morgan fingerprint density at radius 1 is 0.722 bits per heavy atom. The largest absolute Gasteiger partial charge is 0.438 e. The summed E-state index contributed by atoms with van der Waals surface area (Å²) in [6.45, 7) is 9.06. The van der Waals surface area contributed by atoms with Crippen LogP contribution in [0.2, 0.25) is 0 Å². The van der Waals surface area contributed by atoms with E-state index < -0.39 is 48.4 Å². The molecular formula is C22H34N2O10P2. The summed E-state index contributed by atoms with van der Waals surface area (Å²) in [5.74, 6) is -1.46. The first-order valence-electron chi connectivity index (χ1n) is 10.8. The van der Waals surface area contributed by atoms with Gasteiger partial charge in [-0.25, -0.2) is 19.2 Å². The van der Waals surface area contributed by atoms with E-state index in [1.165, 1.54) is 0 Å². The van der Waals surface area contributed by atoms with Gasteiger partial charge in [0.25, 0.3) is 0 Å². The van der Waals surface area contributed by atoms with Gasteiger partial charge >= 0.3 is 24.1 Å². The van der Waals surface area contributed by atoms with Crippen LogP contribution in [0.3, 0.4) is 0 Å². The molecule has 0 saturated carbocycles. The smallest absolute Gasteiger partial charge is 0.408 e. The second-order valence-electron chi connectivity index (χ2n) is 8.20. The van der Waals surface area contributed by atoms with Crippen LogP contribution in [0, 0.1) is 0 Å². The highest BCUT2D eigenvalue weighted by Crippen LogP contribution is 2.27. The highest BCUT2D eigenvalue weighted by Gasteiger charge is 2.28. The molecule has 1 aromatic rings. The molecule has 0 saturated heterocycles. The summed E-state index contributed by atoms with van der Waals surface area (Å²) in [6.07, 6.45) is -1.61. The third-order valence-electron chi connectivity index (χ3n) is 4.62. The summed E-state index contributed by atoms with van der Waals surface area (Å²) >= 11 is 0. The highest BCUT2D eigenvalue weighted by molar-refractivity contribution is 7.31. The minimum atomic E-state index is -0.884. The van der Waals surface area contributed by atoms with E-state index >= 15 is 0 Å². The fraction of sp³-hybridized carbons (Fsp3) is 0.545. The lowest BCUT2D eigenvalue weighted by molar-refractivity contribution is -0.153. The van der Waals surface area contributed by atoms with Crippen LogP contribution in [0.15, 0.2) is 24.3 Å². The molecule has 14 heteroatoms. The lowest BCUT2D eigenvalue weighted by Crippen LogP contribution is -2.43. The van der Waals surface area contributed by atoms with E-state index in [-0.39, 0.29) is 31.2 Å². The van der Waals surface area contributed by atoms with Crippen molar-refractivity contribution in [3.8, 4) is 0 Å². The van der Waals surface area contributed by atoms with E-state index in [9.17, 15) is 19.2 Å². The zero-order valence-corrected chi connectivity index (χ0v) is 23.2.